The van der Waals surface area contributed by atoms with E-state index in [4.69, 9.17) is 0 Å². The van der Waals surface area contributed by atoms with E-state index >= 15 is 0 Å². The first-order chi connectivity index (χ1) is 19.6. The van der Waals surface area contributed by atoms with E-state index in [-0.39, 0.29) is 28.9 Å². The van der Waals surface area contributed by atoms with Gasteiger partial charge >= 0.3 is 12.4 Å². The Morgan fingerprint density at radius 2 is 1.38 bits per heavy atom. The van der Waals surface area contributed by atoms with Crippen LogP contribution in [-0.2, 0) is 41.1 Å². The van der Waals surface area contributed by atoms with Crippen LogP contribution < -0.4 is 0 Å². The number of rotatable bonds is 8. The van der Waals surface area contributed by atoms with E-state index < -0.39 is 68.6 Å². The van der Waals surface area contributed by atoms with Crippen LogP contribution in [0.15, 0.2) is 89.8 Å². The minimum absolute atomic E-state index is 0.0713. The highest BCUT2D eigenvalue weighted by atomic mass is 32.2. The molecule has 4 rings (SSSR count). The molecule has 0 radical (unpaired) electrons. The molecule has 1 saturated carbocycles. The van der Waals surface area contributed by atoms with E-state index in [0.717, 1.165) is 19.1 Å². The van der Waals surface area contributed by atoms with Gasteiger partial charge in [0.15, 0.2) is 9.84 Å². The normalized spacial score (nSPS) is 20.4. The van der Waals surface area contributed by atoms with Gasteiger partial charge in [-0.3, -0.25) is 9.59 Å². The molecule has 0 aromatic heterocycles. The van der Waals surface area contributed by atoms with Crippen LogP contribution in [0.25, 0.3) is 0 Å². The smallest absolute Gasteiger partial charge is 0.349 e. The topological polar surface area (TPSA) is 77.5 Å². The number of Topliss-reactive ketones (excluding diaryl/α,β-unsaturated/α-hetero) is 2. The highest BCUT2D eigenvalue weighted by Crippen LogP contribution is 2.54. The van der Waals surface area contributed by atoms with Crippen molar-refractivity contribution in [3.63, 3.8) is 0 Å². The third-order valence-corrected chi connectivity index (χ3v) is 10.2. The summed E-state index contributed by atoms with van der Waals surface area (Å²) in [4.78, 5) is 24.7. The maximum atomic E-state index is 14.4. The van der Waals surface area contributed by atoms with Crippen molar-refractivity contribution in [2.75, 3.05) is 0 Å². The summed E-state index contributed by atoms with van der Waals surface area (Å²) >= 11 is 0. The van der Waals surface area contributed by atoms with Gasteiger partial charge < -0.3 is 4.74 Å². The van der Waals surface area contributed by atoms with E-state index in [2.05, 4.69) is 4.74 Å². The number of alkyl halides is 6. The zero-order valence-electron chi connectivity index (χ0n) is 22.2. The fraction of sp³-hybridized carbons (Fsp3) is 0.333. The average molecular weight is 613 g/mol. The highest BCUT2D eigenvalue weighted by Gasteiger charge is 2.73. The van der Waals surface area contributed by atoms with Gasteiger partial charge in [0, 0.05) is 12.0 Å². The summed E-state index contributed by atoms with van der Waals surface area (Å²) < 4.78 is 117. The van der Waals surface area contributed by atoms with Crippen molar-refractivity contribution >= 4 is 21.4 Å². The molecule has 3 aromatic rings. The van der Waals surface area contributed by atoms with Gasteiger partial charge in [-0.2, -0.15) is 26.3 Å². The van der Waals surface area contributed by atoms with Crippen molar-refractivity contribution in [2.24, 2.45) is 5.92 Å². The Bertz CT molecular complexity index is 1520. The Balaban J connectivity index is 1.88. The van der Waals surface area contributed by atoms with Gasteiger partial charge in [-0.15, -0.1) is 0 Å². The predicted molar refractivity (Wildman–Crippen MR) is 140 cm³/mol. The molecule has 3 aromatic carbocycles. The standard InChI is InChI=1S/C30H26F6O5S/c1-20(37)25-18-27(17-16-26(25)38,42(39,40)24-10-6-3-7-11-24)22-12-14-23(15-13-22)28(29(31,32)33,30(34,35)36)41-19-21-8-4-2-5-9-21/h2-15,25H,16-19H2,1H3. The Labute approximate surface area is 238 Å². The van der Waals surface area contributed by atoms with Gasteiger partial charge in [-0.05, 0) is 43.0 Å². The summed E-state index contributed by atoms with van der Waals surface area (Å²) in [6, 6.07) is 16.9. The molecular formula is C30H26F6O5S. The molecule has 0 N–H and O–H groups in total. The SMILES string of the molecule is CC(=O)C1CC(c2ccc(C(OCc3ccccc3)(C(F)(F)F)C(F)(F)F)cc2)(S(=O)(=O)c2ccccc2)CCC1=O. The molecule has 1 aliphatic rings. The van der Waals surface area contributed by atoms with E-state index in [1.165, 1.54) is 54.6 Å². The van der Waals surface area contributed by atoms with Crippen LogP contribution in [-0.4, -0.2) is 32.3 Å². The van der Waals surface area contributed by atoms with Gasteiger partial charge in [0.25, 0.3) is 5.60 Å². The fourth-order valence-electron chi connectivity index (χ4n) is 5.41. The zero-order chi connectivity index (χ0) is 31.0. The molecule has 2 unspecified atom stereocenters. The Morgan fingerprint density at radius 3 is 1.88 bits per heavy atom. The van der Waals surface area contributed by atoms with Crippen molar-refractivity contribution in [3.05, 3.63) is 102 Å². The van der Waals surface area contributed by atoms with Crippen molar-refractivity contribution < 1.29 is 49.1 Å². The summed E-state index contributed by atoms with van der Waals surface area (Å²) in [7, 11) is -4.40. The van der Waals surface area contributed by atoms with Gasteiger partial charge in [-0.25, -0.2) is 8.42 Å². The summed E-state index contributed by atoms with van der Waals surface area (Å²) in [5, 5.41) is 0. The Kier molecular flexibility index (Phi) is 8.45. The highest BCUT2D eigenvalue weighted by molar-refractivity contribution is 7.92. The second kappa shape index (κ2) is 11.3. The van der Waals surface area contributed by atoms with Crippen LogP contribution in [0.3, 0.4) is 0 Å². The first kappa shape index (κ1) is 31.4. The summed E-state index contributed by atoms with van der Waals surface area (Å²) in [5.41, 5.74) is -6.11. The van der Waals surface area contributed by atoms with E-state index in [0.29, 0.717) is 12.1 Å². The maximum Gasteiger partial charge on any atom is 0.430 e. The number of carbonyl (C=O) groups is 2. The van der Waals surface area contributed by atoms with Gasteiger partial charge in [0.05, 0.1) is 17.4 Å². The molecule has 0 amide bonds. The van der Waals surface area contributed by atoms with Gasteiger partial charge in [0.1, 0.15) is 16.3 Å². The van der Waals surface area contributed by atoms with Crippen LogP contribution in [0.4, 0.5) is 26.3 Å². The molecule has 1 fully saturated rings. The number of benzene rings is 3. The number of ketones is 2. The molecule has 12 heteroatoms. The van der Waals surface area contributed by atoms with Crippen LogP contribution in [0.5, 0.6) is 0 Å². The lowest BCUT2D eigenvalue weighted by Crippen LogP contribution is -2.55. The van der Waals surface area contributed by atoms with Crippen molar-refractivity contribution in [1.29, 1.82) is 0 Å². The zero-order valence-corrected chi connectivity index (χ0v) is 23.0. The molecule has 0 heterocycles. The minimum Gasteiger partial charge on any atom is -0.349 e. The van der Waals surface area contributed by atoms with Gasteiger partial charge in [-0.1, -0.05) is 72.8 Å². The lowest BCUT2D eigenvalue weighted by atomic mass is 9.74. The van der Waals surface area contributed by atoms with Gasteiger partial charge in [0.2, 0.25) is 0 Å². The number of hydrogen-bond donors (Lipinski definition) is 0. The molecule has 0 saturated heterocycles. The molecule has 0 spiro atoms. The third-order valence-electron chi connectivity index (χ3n) is 7.67. The first-order valence-corrected chi connectivity index (χ1v) is 14.3. The van der Waals surface area contributed by atoms with Crippen LogP contribution in [0.1, 0.15) is 42.9 Å². The van der Waals surface area contributed by atoms with Crippen molar-refractivity contribution in [2.45, 2.75) is 60.4 Å². The quantitative estimate of drug-likeness (QED) is 0.206. The summed E-state index contributed by atoms with van der Waals surface area (Å²) in [6.07, 6.45) is -13.1. The van der Waals surface area contributed by atoms with Crippen molar-refractivity contribution in [1.82, 2.24) is 0 Å². The summed E-state index contributed by atoms with van der Waals surface area (Å²) in [6.45, 7) is 0.109. The van der Waals surface area contributed by atoms with E-state index in [9.17, 15) is 44.3 Å². The number of hydrogen-bond acceptors (Lipinski definition) is 5. The molecule has 0 aliphatic heterocycles. The average Bonchev–Trinajstić information content (AvgIpc) is 2.93. The first-order valence-electron chi connectivity index (χ1n) is 12.8. The summed E-state index contributed by atoms with van der Waals surface area (Å²) in [5.74, 6) is -2.39. The lowest BCUT2D eigenvalue weighted by molar-refractivity contribution is -0.392. The molecule has 5 nitrogen and oxygen atoms in total. The molecule has 224 valence electrons. The number of halogens is 6. The van der Waals surface area contributed by atoms with Crippen LogP contribution in [0.2, 0.25) is 0 Å². The number of carbonyl (C=O) groups excluding carboxylic acids is 2. The number of sulfone groups is 1. The predicted octanol–water partition coefficient (Wildman–Crippen LogP) is 6.85. The lowest BCUT2D eigenvalue weighted by Gasteiger charge is -2.40. The Hall–Kier alpha value is -3.51. The molecule has 1 aliphatic carbocycles. The monoisotopic (exact) mass is 612 g/mol. The second-order valence-corrected chi connectivity index (χ2v) is 12.4. The molecule has 2 atom stereocenters. The van der Waals surface area contributed by atoms with E-state index in [1.807, 2.05) is 0 Å². The number of ether oxygens (including phenoxy) is 1. The van der Waals surface area contributed by atoms with Crippen LogP contribution in [0, 0.1) is 5.92 Å². The largest absolute Gasteiger partial charge is 0.430 e. The fourth-order valence-corrected chi connectivity index (χ4v) is 7.58. The van der Waals surface area contributed by atoms with Crippen molar-refractivity contribution in [3.8, 4) is 0 Å². The third kappa shape index (κ3) is 5.37. The molecule has 0 bridgehead atoms. The second-order valence-electron chi connectivity index (χ2n) is 10.2. The molecule has 42 heavy (non-hydrogen) atoms. The minimum atomic E-state index is -5.95. The Morgan fingerprint density at radius 1 is 0.857 bits per heavy atom. The maximum absolute atomic E-state index is 14.4. The van der Waals surface area contributed by atoms with E-state index in [1.54, 1.807) is 6.07 Å². The van der Waals surface area contributed by atoms with Crippen LogP contribution >= 0.6 is 0 Å². The molecular weight excluding hydrogens is 586 g/mol.